The Morgan fingerprint density at radius 2 is 2.23 bits per heavy atom. The topological polar surface area (TPSA) is 30.0 Å². The van der Waals surface area contributed by atoms with Crippen molar-refractivity contribution in [1.29, 1.82) is 0 Å². The Labute approximate surface area is 95.0 Å². The van der Waals surface area contributed by atoms with Crippen molar-refractivity contribution in [3.8, 4) is 0 Å². The van der Waals surface area contributed by atoms with Crippen LogP contribution in [0.1, 0.15) is 22.6 Å². The summed E-state index contributed by atoms with van der Waals surface area (Å²) in [5.74, 6) is 0. The highest BCUT2D eigenvalue weighted by Crippen LogP contribution is 2.26. The van der Waals surface area contributed by atoms with Crippen LogP contribution in [-0.2, 0) is 0 Å². The normalized spacial score (nSPS) is 10.5. The van der Waals surface area contributed by atoms with E-state index in [0.717, 1.165) is 0 Å². The van der Waals surface area contributed by atoms with Gasteiger partial charge in [-0.25, -0.2) is 13.8 Å². The minimum Gasteiger partial charge on any atom is -0.296 e. The molecule has 0 aliphatic heterocycles. The summed E-state index contributed by atoms with van der Waals surface area (Å²) in [6.07, 6.45) is -2.21. The quantitative estimate of drug-likeness (QED) is 0.598. The molecular weight excluding hydrogens is 359 g/mol. The van der Waals surface area contributed by atoms with E-state index >= 15 is 0 Å². The van der Waals surface area contributed by atoms with E-state index in [1.165, 1.54) is 6.07 Å². The Hall–Kier alpha value is -0.110. The molecule has 13 heavy (non-hydrogen) atoms. The number of alkyl halides is 2. The van der Waals surface area contributed by atoms with Crippen LogP contribution in [0.5, 0.6) is 0 Å². The summed E-state index contributed by atoms with van der Waals surface area (Å²) in [5, 5.41) is 0. The molecule has 1 aromatic heterocycles. The molecule has 0 fully saturated rings. The average Bonchev–Trinajstić information content (AvgIpc) is 2.09. The highest BCUT2D eigenvalue weighted by atomic mass is 127. The van der Waals surface area contributed by atoms with Gasteiger partial charge in [0.25, 0.3) is 6.43 Å². The molecule has 0 aliphatic rings. The van der Waals surface area contributed by atoms with E-state index in [0.29, 0.717) is 14.3 Å². The highest BCUT2D eigenvalue weighted by molar-refractivity contribution is 14.1. The van der Waals surface area contributed by atoms with Gasteiger partial charge in [-0.05, 0) is 44.6 Å². The van der Waals surface area contributed by atoms with Crippen LogP contribution in [0.3, 0.4) is 0 Å². The fourth-order valence-electron chi connectivity index (χ4n) is 0.726. The van der Waals surface area contributed by atoms with E-state index in [2.05, 4.69) is 20.9 Å². The van der Waals surface area contributed by atoms with E-state index in [1.807, 2.05) is 22.6 Å². The van der Waals surface area contributed by atoms with Gasteiger partial charge in [0.05, 0.1) is 4.47 Å². The number of halogens is 4. The maximum Gasteiger partial charge on any atom is 0.280 e. The van der Waals surface area contributed by atoms with Crippen molar-refractivity contribution in [3.63, 3.8) is 0 Å². The zero-order chi connectivity index (χ0) is 10.0. The number of pyridine rings is 1. The molecule has 0 aromatic carbocycles. The van der Waals surface area contributed by atoms with Crippen molar-refractivity contribution >= 4 is 44.8 Å². The summed E-state index contributed by atoms with van der Waals surface area (Å²) in [6, 6.07) is 1.24. The van der Waals surface area contributed by atoms with Crippen LogP contribution in [0.25, 0.3) is 0 Å². The molecule has 1 aromatic rings. The molecule has 0 N–H and O–H groups in total. The molecule has 0 amide bonds. The van der Waals surface area contributed by atoms with Crippen LogP contribution in [0.2, 0.25) is 0 Å². The number of aromatic nitrogens is 1. The lowest BCUT2D eigenvalue weighted by atomic mass is 10.3. The summed E-state index contributed by atoms with van der Waals surface area (Å²) in [5.41, 5.74) is -0.378. The van der Waals surface area contributed by atoms with Crippen LogP contribution >= 0.6 is 38.5 Å². The van der Waals surface area contributed by atoms with Gasteiger partial charge in [0.1, 0.15) is 11.4 Å². The van der Waals surface area contributed by atoms with Crippen molar-refractivity contribution in [2.45, 2.75) is 6.43 Å². The number of rotatable bonds is 2. The molecule has 0 aliphatic carbocycles. The monoisotopic (exact) mass is 361 g/mol. The molecule has 0 atom stereocenters. The highest BCUT2D eigenvalue weighted by Gasteiger charge is 2.14. The molecule has 0 saturated carbocycles. The first-order chi connectivity index (χ1) is 6.06. The summed E-state index contributed by atoms with van der Waals surface area (Å²) < 4.78 is 25.4. The van der Waals surface area contributed by atoms with Crippen molar-refractivity contribution in [2.75, 3.05) is 0 Å². The maximum atomic E-state index is 12.2. The fourth-order valence-corrected chi connectivity index (χ4v) is 1.62. The third-order valence-corrected chi connectivity index (χ3v) is 3.72. The van der Waals surface area contributed by atoms with Gasteiger partial charge in [0, 0.05) is 3.57 Å². The smallest absolute Gasteiger partial charge is 0.280 e. The van der Waals surface area contributed by atoms with E-state index < -0.39 is 6.43 Å². The molecule has 1 rings (SSSR count). The van der Waals surface area contributed by atoms with Crippen LogP contribution in [0.15, 0.2) is 10.5 Å². The van der Waals surface area contributed by atoms with Gasteiger partial charge in [-0.3, -0.25) is 4.79 Å². The van der Waals surface area contributed by atoms with Crippen molar-refractivity contribution in [1.82, 2.24) is 4.98 Å². The first-order valence-electron chi connectivity index (χ1n) is 3.15. The van der Waals surface area contributed by atoms with Crippen molar-refractivity contribution < 1.29 is 13.6 Å². The van der Waals surface area contributed by atoms with E-state index in [9.17, 15) is 13.6 Å². The molecule has 0 unspecified atom stereocenters. The Bertz CT molecular complexity index is 346. The number of hydrogen-bond acceptors (Lipinski definition) is 2. The number of nitrogens with zero attached hydrogens (tertiary/aromatic N) is 1. The Kier molecular flexibility index (Phi) is 3.72. The lowest BCUT2D eigenvalue weighted by Gasteiger charge is -2.03. The number of carbonyl (C=O) groups is 1. The minimum absolute atomic E-state index is 0.00204. The van der Waals surface area contributed by atoms with Crippen LogP contribution in [0, 0.1) is 3.57 Å². The third kappa shape index (κ3) is 2.43. The molecule has 1 heterocycles. The molecule has 0 saturated heterocycles. The molecular formula is C7H3BrF2INO. The Balaban J connectivity index is 3.30. The molecule has 0 radical (unpaired) electrons. The van der Waals surface area contributed by atoms with Gasteiger partial charge in [-0.2, -0.15) is 0 Å². The first-order valence-corrected chi connectivity index (χ1v) is 5.02. The molecule has 0 bridgehead atoms. The van der Waals surface area contributed by atoms with E-state index in [4.69, 9.17) is 0 Å². The van der Waals surface area contributed by atoms with Crippen LogP contribution < -0.4 is 0 Å². The Morgan fingerprint density at radius 1 is 1.62 bits per heavy atom. The maximum absolute atomic E-state index is 12.2. The molecule has 70 valence electrons. The average molecular weight is 362 g/mol. The third-order valence-electron chi connectivity index (χ3n) is 1.29. The second-order valence-corrected chi connectivity index (χ2v) is 4.10. The standard InChI is InChI=1S/C7H3BrF2INO/c8-6-3(11)1-4(7(9)10)12-5(6)2-13/h1-2,7H. The molecule has 0 spiro atoms. The fraction of sp³-hybridized carbons (Fsp3) is 0.143. The Morgan fingerprint density at radius 3 is 2.69 bits per heavy atom. The van der Waals surface area contributed by atoms with Gasteiger partial charge < -0.3 is 0 Å². The van der Waals surface area contributed by atoms with Crippen LogP contribution in [-0.4, -0.2) is 11.3 Å². The van der Waals surface area contributed by atoms with Gasteiger partial charge in [0.15, 0.2) is 6.29 Å². The van der Waals surface area contributed by atoms with Crippen LogP contribution in [0.4, 0.5) is 8.78 Å². The van der Waals surface area contributed by atoms with E-state index in [1.54, 1.807) is 0 Å². The first kappa shape index (κ1) is 11.0. The minimum atomic E-state index is -2.65. The number of aldehydes is 1. The zero-order valence-electron chi connectivity index (χ0n) is 6.10. The zero-order valence-corrected chi connectivity index (χ0v) is 9.84. The number of carbonyl (C=O) groups excluding carboxylic acids is 1. The SMILES string of the molecule is O=Cc1nc(C(F)F)cc(I)c1Br. The lowest BCUT2D eigenvalue weighted by Crippen LogP contribution is -1.98. The van der Waals surface area contributed by atoms with Crippen molar-refractivity contribution in [2.24, 2.45) is 0 Å². The van der Waals surface area contributed by atoms with Crippen molar-refractivity contribution in [3.05, 3.63) is 25.5 Å². The van der Waals surface area contributed by atoms with Gasteiger partial charge in [0.2, 0.25) is 0 Å². The second kappa shape index (κ2) is 4.41. The largest absolute Gasteiger partial charge is 0.296 e. The van der Waals surface area contributed by atoms with Gasteiger partial charge in [-0.1, -0.05) is 0 Å². The van der Waals surface area contributed by atoms with E-state index in [-0.39, 0.29) is 11.4 Å². The predicted molar refractivity (Wildman–Crippen MR) is 55.0 cm³/mol. The number of hydrogen-bond donors (Lipinski definition) is 0. The lowest BCUT2D eigenvalue weighted by molar-refractivity contribution is 0.111. The predicted octanol–water partition coefficient (Wildman–Crippen LogP) is 3.20. The summed E-state index contributed by atoms with van der Waals surface area (Å²) in [4.78, 5) is 13.9. The summed E-state index contributed by atoms with van der Waals surface area (Å²) in [7, 11) is 0. The summed E-state index contributed by atoms with van der Waals surface area (Å²) >= 11 is 4.93. The van der Waals surface area contributed by atoms with Gasteiger partial charge >= 0.3 is 0 Å². The second-order valence-electron chi connectivity index (χ2n) is 2.15. The molecule has 6 heteroatoms. The molecule has 2 nitrogen and oxygen atoms in total. The summed E-state index contributed by atoms with van der Waals surface area (Å²) in [6.45, 7) is 0. The van der Waals surface area contributed by atoms with Gasteiger partial charge in [-0.15, -0.1) is 0 Å².